The topological polar surface area (TPSA) is 0 Å². The zero-order chi connectivity index (χ0) is 7.57. The predicted octanol–water partition coefficient (Wildman–Crippen LogP) is 3.11. The van der Waals surface area contributed by atoms with E-state index in [1.807, 2.05) is 27.4 Å². The second kappa shape index (κ2) is 2.54. The van der Waals surface area contributed by atoms with Crippen LogP contribution in [-0.4, -0.2) is 25.2 Å². The summed E-state index contributed by atoms with van der Waals surface area (Å²) in [5, 5.41) is 0. The van der Waals surface area contributed by atoms with Gasteiger partial charge in [-0.15, -0.1) is 0 Å². The molecule has 0 saturated carbocycles. The zero-order valence-electron chi connectivity index (χ0n) is 6.95. The molecule has 58 valence electrons. The third kappa shape index (κ3) is 2.21. The predicted molar refractivity (Wildman–Crippen MR) is 45.6 cm³/mol. The first-order chi connectivity index (χ1) is 3.96. The van der Waals surface area contributed by atoms with Crippen LogP contribution in [0.5, 0.6) is 0 Å². The van der Waals surface area contributed by atoms with Gasteiger partial charge in [-0.05, 0) is 0 Å². The quantitative estimate of drug-likeness (QED) is 0.545. The molecular formula is C7H18FP. The van der Waals surface area contributed by atoms with E-state index in [9.17, 15) is 4.20 Å². The van der Waals surface area contributed by atoms with Crippen molar-refractivity contribution in [3.8, 4) is 0 Å². The molecule has 0 rings (SSSR count). The van der Waals surface area contributed by atoms with Crippen molar-refractivity contribution in [3.05, 3.63) is 0 Å². The first-order valence-corrected chi connectivity index (χ1v) is 6.82. The summed E-state index contributed by atoms with van der Waals surface area (Å²) in [7, 11) is 0. The first kappa shape index (κ1) is 9.36. The second-order valence-corrected chi connectivity index (χ2v) is 9.29. The van der Waals surface area contributed by atoms with Crippen molar-refractivity contribution in [2.75, 3.05) is 25.2 Å². The van der Waals surface area contributed by atoms with Crippen LogP contribution in [0.4, 0.5) is 4.20 Å². The normalized spacial score (nSPS) is 16.8. The van der Waals surface area contributed by atoms with Gasteiger partial charge in [0.15, 0.2) is 0 Å². The molecule has 0 fully saturated rings. The van der Waals surface area contributed by atoms with E-state index in [1.165, 1.54) is 0 Å². The van der Waals surface area contributed by atoms with Crippen LogP contribution in [0.1, 0.15) is 20.8 Å². The van der Waals surface area contributed by atoms with Gasteiger partial charge in [-0.1, -0.05) is 0 Å². The Hall–Kier alpha value is 0.360. The van der Waals surface area contributed by atoms with Crippen molar-refractivity contribution in [1.29, 1.82) is 0 Å². The van der Waals surface area contributed by atoms with Crippen LogP contribution in [0.3, 0.4) is 0 Å². The fraction of sp³-hybridized carbons (Fsp3) is 1.00. The van der Waals surface area contributed by atoms with E-state index < -0.39 is 6.91 Å². The molecule has 0 unspecified atom stereocenters. The van der Waals surface area contributed by atoms with Crippen molar-refractivity contribution in [3.63, 3.8) is 0 Å². The molecule has 0 aliphatic carbocycles. The minimum atomic E-state index is -2.63. The number of halogens is 1. The summed E-state index contributed by atoms with van der Waals surface area (Å²) < 4.78 is 13.8. The van der Waals surface area contributed by atoms with Crippen LogP contribution in [0, 0.1) is 0 Å². The molecule has 0 aromatic rings. The molecule has 0 aliphatic heterocycles. The third-order valence-electron chi connectivity index (χ3n) is 2.65. The Kier molecular flexibility index (Phi) is 2.64. The van der Waals surface area contributed by atoms with E-state index in [-0.39, 0.29) is 0 Å². The van der Waals surface area contributed by atoms with Gasteiger partial charge in [0, 0.05) is 0 Å². The van der Waals surface area contributed by atoms with Gasteiger partial charge in [0.25, 0.3) is 0 Å². The van der Waals surface area contributed by atoms with E-state index in [0.29, 0.717) is 0 Å². The van der Waals surface area contributed by atoms with E-state index in [2.05, 4.69) is 0 Å². The fourth-order valence-electron chi connectivity index (χ4n) is 0.671. The van der Waals surface area contributed by atoms with Crippen LogP contribution >= 0.6 is 6.91 Å². The maximum absolute atomic E-state index is 13.8. The minimum absolute atomic E-state index is 0.749. The Balaban J connectivity index is 4.20. The molecule has 2 heteroatoms. The Morgan fingerprint density at radius 1 is 1.00 bits per heavy atom. The van der Waals surface area contributed by atoms with Crippen LogP contribution in [0.2, 0.25) is 0 Å². The maximum atomic E-state index is 13.8. The number of rotatable bonds is 3. The molecule has 0 aromatic heterocycles. The van der Waals surface area contributed by atoms with Crippen molar-refractivity contribution in [2.45, 2.75) is 20.8 Å². The molecule has 0 bridgehead atoms. The van der Waals surface area contributed by atoms with E-state index in [1.54, 1.807) is 0 Å². The molecule has 0 aliphatic rings. The van der Waals surface area contributed by atoms with Crippen LogP contribution in [-0.2, 0) is 0 Å². The Morgan fingerprint density at radius 2 is 1.22 bits per heavy atom. The van der Waals surface area contributed by atoms with Crippen molar-refractivity contribution in [2.24, 2.45) is 0 Å². The van der Waals surface area contributed by atoms with Gasteiger partial charge in [-0.2, -0.15) is 0 Å². The Morgan fingerprint density at radius 3 is 1.22 bits per heavy atom. The Bertz CT molecular complexity index is 80.1. The van der Waals surface area contributed by atoms with Crippen molar-refractivity contribution >= 4 is 6.91 Å². The summed E-state index contributed by atoms with van der Waals surface area (Å²) in [6.07, 6.45) is 2.25. The number of hydrogen-bond acceptors (Lipinski definition) is 0. The first-order valence-electron chi connectivity index (χ1n) is 3.69. The third-order valence-corrected chi connectivity index (χ3v) is 7.95. The molecule has 9 heavy (non-hydrogen) atoms. The van der Waals surface area contributed by atoms with Gasteiger partial charge < -0.3 is 0 Å². The molecule has 0 heterocycles. The molecule has 0 atom stereocenters. The van der Waals surface area contributed by atoms with Crippen molar-refractivity contribution < 1.29 is 4.20 Å². The Labute approximate surface area is 57.9 Å². The summed E-state index contributed by atoms with van der Waals surface area (Å²) in [5.41, 5.74) is 0. The van der Waals surface area contributed by atoms with Gasteiger partial charge in [0.1, 0.15) is 0 Å². The SMILES string of the molecule is CCP(C)(F)(CC)CC. The zero-order valence-corrected chi connectivity index (χ0v) is 7.84. The fourth-order valence-corrected chi connectivity index (χ4v) is 2.01. The van der Waals surface area contributed by atoms with Gasteiger partial charge >= 0.3 is 57.0 Å². The van der Waals surface area contributed by atoms with Gasteiger partial charge in [-0.3, -0.25) is 0 Å². The summed E-state index contributed by atoms with van der Waals surface area (Å²) in [5.74, 6) is 0. The average molecular weight is 152 g/mol. The van der Waals surface area contributed by atoms with E-state index in [0.717, 1.165) is 18.5 Å². The van der Waals surface area contributed by atoms with E-state index >= 15 is 0 Å². The van der Waals surface area contributed by atoms with E-state index in [4.69, 9.17) is 0 Å². The summed E-state index contributed by atoms with van der Waals surface area (Å²) in [6, 6.07) is 0. The van der Waals surface area contributed by atoms with Crippen molar-refractivity contribution in [1.82, 2.24) is 0 Å². The van der Waals surface area contributed by atoms with Gasteiger partial charge in [-0.25, -0.2) is 0 Å². The summed E-state index contributed by atoms with van der Waals surface area (Å²) in [6.45, 7) is 5.10. The van der Waals surface area contributed by atoms with Gasteiger partial charge in [0.05, 0.1) is 0 Å². The standard InChI is InChI=1S/C7H18FP/c1-5-9(4,8,6-2)7-3/h5-7H2,1-4H3. The molecule has 0 aromatic carbocycles. The molecule has 0 N–H and O–H groups in total. The molecule has 0 nitrogen and oxygen atoms in total. The van der Waals surface area contributed by atoms with Crippen LogP contribution in [0.15, 0.2) is 0 Å². The van der Waals surface area contributed by atoms with Crippen LogP contribution in [0.25, 0.3) is 0 Å². The second-order valence-electron chi connectivity index (χ2n) is 3.10. The molecular weight excluding hydrogens is 134 g/mol. The molecule has 0 radical (unpaired) electrons. The molecule has 0 amide bonds. The monoisotopic (exact) mass is 152 g/mol. The summed E-state index contributed by atoms with van der Waals surface area (Å²) in [4.78, 5) is 0. The molecule has 0 spiro atoms. The number of hydrogen-bond donors (Lipinski definition) is 0. The summed E-state index contributed by atoms with van der Waals surface area (Å²) >= 11 is 0. The van der Waals surface area contributed by atoms with Gasteiger partial charge in [0.2, 0.25) is 0 Å². The molecule has 0 saturated heterocycles. The average Bonchev–Trinajstić information content (AvgIpc) is 1.90. The van der Waals surface area contributed by atoms with Crippen LogP contribution < -0.4 is 0 Å².